The van der Waals surface area contributed by atoms with Crippen molar-refractivity contribution >= 4 is 11.6 Å². The van der Waals surface area contributed by atoms with Crippen LogP contribution in [-0.4, -0.2) is 38.1 Å². The molecule has 1 aromatic rings. The van der Waals surface area contributed by atoms with Crippen LogP contribution < -0.4 is 15.2 Å². The molecule has 0 bridgehead atoms. The molecule has 1 atom stereocenters. The third-order valence-corrected chi connectivity index (χ3v) is 3.18. The Balaban J connectivity index is 2.54. The van der Waals surface area contributed by atoms with Crippen molar-refractivity contribution in [2.45, 2.75) is 32.4 Å². The first kappa shape index (κ1) is 18.0. The fourth-order valence-electron chi connectivity index (χ4n) is 1.72. The van der Waals surface area contributed by atoms with Crippen molar-refractivity contribution in [3.8, 4) is 11.5 Å². The van der Waals surface area contributed by atoms with Gasteiger partial charge in [0.15, 0.2) is 11.5 Å². The van der Waals surface area contributed by atoms with Crippen molar-refractivity contribution in [3.63, 3.8) is 0 Å². The number of rotatable bonds is 10. The Kier molecular flexibility index (Phi) is 8.45. The van der Waals surface area contributed by atoms with Gasteiger partial charge in [-0.15, -0.1) is 0 Å². The van der Waals surface area contributed by atoms with E-state index in [1.54, 1.807) is 12.1 Å². The van der Waals surface area contributed by atoms with Gasteiger partial charge < -0.3 is 25.1 Å². The SMILES string of the molecule is CCCCOCC(O)COc1c(Cl)cc(CN)cc1OC. The van der Waals surface area contributed by atoms with Crippen LogP contribution >= 0.6 is 11.6 Å². The smallest absolute Gasteiger partial charge is 0.179 e. The van der Waals surface area contributed by atoms with Crippen molar-refractivity contribution in [2.75, 3.05) is 26.9 Å². The number of unbranched alkanes of at least 4 members (excludes halogenated alkanes) is 1. The summed E-state index contributed by atoms with van der Waals surface area (Å²) in [6.45, 7) is 3.42. The predicted octanol–water partition coefficient (Wildman–Crippen LogP) is 2.36. The van der Waals surface area contributed by atoms with Crippen molar-refractivity contribution < 1.29 is 19.3 Å². The molecule has 0 amide bonds. The molecule has 0 aliphatic heterocycles. The van der Waals surface area contributed by atoms with Gasteiger partial charge in [0, 0.05) is 13.2 Å². The van der Waals surface area contributed by atoms with Crippen LogP contribution in [0.5, 0.6) is 11.5 Å². The number of benzene rings is 1. The van der Waals surface area contributed by atoms with Crippen LogP contribution in [0, 0.1) is 0 Å². The predicted molar refractivity (Wildman–Crippen MR) is 83.1 cm³/mol. The Morgan fingerprint density at radius 3 is 2.71 bits per heavy atom. The lowest BCUT2D eigenvalue weighted by atomic mass is 10.2. The molecular weight excluding hydrogens is 294 g/mol. The van der Waals surface area contributed by atoms with Gasteiger partial charge in [0.2, 0.25) is 0 Å². The fourth-order valence-corrected chi connectivity index (χ4v) is 2.01. The first-order valence-electron chi connectivity index (χ1n) is 7.07. The molecule has 0 aliphatic carbocycles. The largest absolute Gasteiger partial charge is 0.493 e. The second kappa shape index (κ2) is 9.84. The molecule has 0 spiro atoms. The Hall–Kier alpha value is -1.01. The van der Waals surface area contributed by atoms with Gasteiger partial charge in [-0.2, -0.15) is 0 Å². The summed E-state index contributed by atoms with van der Waals surface area (Å²) < 4.78 is 16.1. The molecule has 3 N–H and O–H groups in total. The van der Waals surface area contributed by atoms with Crippen LogP contribution in [0.3, 0.4) is 0 Å². The molecule has 21 heavy (non-hydrogen) atoms. The Labute approximate surface area is 130 Å². The zero-order chi connectivity index (χ0) is 15.7. The molecule has 0 aromatic heterocycles. The number of hydrogen-bond acceptors (Lipinski definition) is 5. The van der Waals surface area contributed by atoms with E-state index in [0.717, 1.165) is 18.4 Å². The summed E-state index contributed by atoms with van der Waals surface area (Å²) in [5.74, 6) is 0.908. The number of aliphatic hydroxyl groups excluding tert-OH is 1. The number of ether oxygens (including phenoxy) is 3. The molecule has 6 heteroatoms. The van der Waals surface area contributed by atoms with Crippen LogP contribution in [0.4, 0.5) is 0 Å². The third-order valence-electron chi connectivity index (χ3n) is 2.90. The lowest BCUT2D eigenvalue weighted by Gasteiger charge is -2.16. The Morgan fingerprint density at radius 2 is 2.10 bits per heavy atom. The van der Waals surface area contributed by atoms with E-state index in [9.17, 15) is 5.11 Å². The van der Waals surface area contributed by atoms with E-state index in [1.807, 2.05) is 0 Å². The molecule has 1 unspecified atom stereocenters. The molecule has 0 saturated heterocycles. The molecule has 0 heterocycles. The lowest BCUT2D eigenvalue weighted by molar-refractivity contribution is 0.0109. The number of methoxy groups -OCH3 is 1. The summed E-state index contributed by atoms with van der Waals surface area (Å²) in [6.07, 6.45) is 1.33. The molecule has 0 radical (unpaired) electrons. The van der Waals surface area contributed by atoms with E-state index in [4.69, 9.17) is 31.5 Å². The highest BCUT2D eigenvalue weighted by Crippen LogP contribution is 2.36. The molecule has 0 saturated carbocycles. The number of aliphatic hydroxyl groups is 1. The molecule has 0 aliphatic rings. The third kappa shape index (κ3) is 6.09. The highest BCUT2D eigenvalue weighted by molar-refractivity contribution is 6.32. The van der Waals surface area contributed by atoms with Gasteiger partial charge in [0.05, 0.1) is 18.7 Å². The lowest BCUT2D eigenvalue weighted by Crippen LogP contribution is -2.24. The molecule has 0 fully saturated rings. The summed E-state index contributed by atoms with van der Waals surface area (Å²) in [4.78, 5) is 0. The van der Waals surface area contributed by atoms with E-state index >= 15 is 0 Å². The fraction of sp³-hybridized carbons (Fsp3) is 0.600. The first-order valence-corrected chi connectivity index (χ1v) is 7.45. The average molecular weight is 318 g/mol. The van der Waals surface area contributed by atoms with Gasteiger partial charge >= 0.3 is 0 Å². The monoisotopic (exact) mass is 317 g/mol. The number of halogens is 1. The van der Waals surface area contributed by atoms with Crippen molar-refractivity contribution in [1.29, 1.82) is 0 Å². The minimum absolute atomic E-state index is 0.0875. The van der Waals surface area contributed by atoms with E-state index in [0.29, 0.717) is 29.7 Å². The van der Waals surface area contributed by atoms with Gasteiger partial charge in [-0.1, -0.05) is 24.9 Å². The van der Waals surface area contributed by atoms with E-state index in [-0.39, 0.29) is 13.2 Å². The summed E-state index contributed by atoms with van der Waals surface area (Å²) >= 11 is 6.15. The van der Waals surface area contributed by atoms with E-state index in [2.05, 4.69) is 6.92 Å². The molecule has 5 nitrogen and oxygen atoms in total. The van der Waals surface area contributed by atoms with Crippen molar-refractivity contribution in [2.24, 2.45) is 5.73 Å². The maximum Gasteiger partial charge on any atom is 0.179 e. The van der Waals surface area contributed by atoms with Crippen LogP contribution in [0.15, 0.2) is 12.1 Å². The van der Waals surface area contributed by atoms with Gasteiger partial charge in [-0.3, -0.25) is 0 Å². The maximum atomic E-state index is 9.81. The summed E-state index contributed by atoms with van der Waals surface area (Å²) in [5, 5.41) is 10.2. The Morgan fingerprint density at radius 1 is 1.33 bits per heavy atom. The zero-order valence-electron chi connectivity index (χ0n) is 12.6. The standard InChI is InChI=1S/C15H24ClNO4/c1-3-4-5-20-9-12(18)10-21-15-13(16)6-11(8-17)7-14(15)19-2/h6-7,12,18H,3-5,8-10,17H2,1-2H3. The van der Waals surface area contributed by atoms with Gasteiger partial charge in [-0.25, -0.2) is 0 Å². The summed E-state index contributed by atoms with van der Waals surface area (Å²) in [6, 6.07) is 3.49. The first-order chi connectivity index (χ1) is 10.1. The van der Waals surface area contributed by atoms with Crippen LogP contribution in [0.25, 0.3) is 0 Å². The molecule has 120 valence electrons. The second-order valence-electron chi connectivity index (χ2n) is 4.71. The topological polar surface area (TPSA) is 73.9 Å². The number of nitrogens with two attached hydrogens (primary N) is 1. The quantitative estimate of drug-likeness (QED) is 0.648. The van der Waals surface area contributed by atoms with Crippen LogP contribution in [0.2, 0.25) is 5.02 Å². The van der Waals surface area contributed by atoms with Gasteiger partial charge in [0.25, 0.3) is 0 Å². The van der Waals surface area contributed by atoms with Crippen molar-refractivity contribution in [3.05, 3.63) is 22.7 Å². The minimum atomic E-state index is -0.711. The van der Waals surface area contributed by atoms with Crippen molar-refractivity contribution in [1.82, 2.24) is 0 Å². The second-order valence-corrected chi connectivity index (χ2v) is 5.11. The maximum absolute atomic E-state index is 9.81. The van der Waals surface area contributed by atoms with Crippen LogP contribution in [-0.2, 0) is 11.3 Å². The molecule has 1 aromatic carbocycles. The molecular formula is C15H24ClNO4. The summed E-state index contributed by atoms with van der Waals surface area (Å²) in [5.41, 5.74) is 6.44. The normalized spacial score (nSPS) is 12.2. The minimum Gasteiger partial charge on any atom is -0.493 e. The highest BCUT2D eigenvalue weighted by atomic mass is 35.5. The van der Waals surface area contributed by atoms with E-state index < -0.39 is 6.10 Å². The zero-order valence-corrected chi connectivity index (χ0v) is 13.4. The van der Waals surface area contributed by atoms with E-state index in [1.165, 1.54) is 7.11 Å². The highest BCUT2D eigenvalue weighted by Gasteiger charge is 2.14. The number of hydrogen-bond donors (Lipinski definition) is 2. The van der Waals surface area contributed by atoms with Crippen LogP contribution in [0.1, 0.15) is 25.3 Å². The average Bonchev–Trinajstić information content (AvgIpc) is 2.49. The summed E-state index contributed by atoms with van der Waals surface area (Å²) in [7, 11) is 1.53. The van der Waals surface area contributed by atoms with Gasteiger partial charge in [-0.05, 0) is 24.1 Å². The van der Waals surface area contributed by atoms with Gasteiger partial charge in [0.1, 0.15) is 12.7 Å². The molecule has 1 rings (SSSR count). The Bertz CT molecular complexity index is 428.